The minimum Gasteiger partial charge on any atom is -0.382 e. The normalized spacial score (nSPS) is 22.1. The topological polar surface area (TPSA) is 29.1 Å². The van der Waals surface area contributed by atoms with Crippen LogP contribution in [-0.4, -0.2) is 19.0 Å². The fourth-order valence-electron chi connectivity index (χ4n) is 2.35. The lowest BCUT2D eigenvalue weighted by Crippen LogP contribution is -2.15. The third-order valence-corrected chi connectivity index (χ3v) is 3.56. The van der Waals surface area contributed by atoms with E-state index in [0.29, 0.717) is 13.0 Å². The van der Waals surface area contributed by atoms with Gasteiger partial charge in [-0.2, -0.15) is 13.2 Å². The van der Waals surface area contributed by atoms with E-state index in [0.717, 1.165) is 36.5 Å². The molecule has 0 spiro atoms. The van der Waals surface area contributed by atoms with Crippen LogP contribution in [0.25, 0.3) is 0 Å². The van der Waals surface area contributed by atoms with Gasteiger partial charge in [0, 0.05) is 12.2 Å². The standard InChI is InChI=1S/C17H18F3NO/c18-17(19,20)15-8-6-13(7-9-15)4-2-10-21-16-5-1-3-14(11-16)12-22/h2,4-6,8-9,11-13,21H,1,3,7,10H2/b4-2+. The van der Waals surface area contributed by atoms with Gasteiger partial charge in [0.1, 0.15) is 6.29 Å². The Morgan fingerprint density at radius 3 is 2.77 bits per heavy atom. The molecule has 2 aliphatic carbocycles. The maximum absolute atomic E-state index is 12.5. The maximum Gasteiger partial charge on any atom is 0.416 e. The first-order valence-corrected chi connectivity index (χ1v) is 7.21. The van der Waals surface area contributed by atoms with Crippen molar-refractivity contribution in [3.05, 3.63) is 59.4 Å². The molecule has 0 saturated heterocycles. The first-order chi connectivity index (χ1) is 10.5. The maximum atomic E-state index is 12.5. The summed E-state index contributed by atoms with van der Waals surface area (Å²) in [5, 5.41) is 3.18. The Balaban J connectivity index is 1.77. The second-order valence-electron chi connectivity index (χ2n) is 5.26. The molecular formula is C17H18F3NO. The molecule has 0 aliphatic heterocycles. The van der Waals surface area contributed by atoms with E-state index < -0.39 is 11.7 Å². The highest BCUT2D eigenvalue weighted by Gasteiger charge is 2.32. The van der Waals surface area contributed by atoms with Gasteiger partial charge in [0.05, 0.1) is 5.57 Å². The Morgan fingerprint density at radius 2 is 2.14 bits per heavy atom. The van der Waals surface area contributed by atoms with Crippen molar-refractivity contribution in [3.8, 4) is 0 Å². The number of carbonyl (C=O) groups excluding carboxylic acids is 1. The second-order valence-corrected chi connectivity index (χ2v) is 5.26. The zero-order chi connectivity index (χ0) is 16.0. The number of allylic oxidation sites excluding steroid dienone is 8. The fourth-order valence-corrected chi connectivity index (χ4v) is 2.35. The molecule has 0 heterocycles. The Hall–Kier alpha value is -2.04. The summed E-state index contributed by atoms with van der Waals surface area (Å²) in [6.45, 7) is 0.578. The quantitative estimate of drug-likeness (QED) is 0.614. The van der Waals surface area contributed by atoms with Crippen LogP contribution in [0.3, 0.4) is 0 Å². The van der Waals surface area contributed by atoms with E-state index in [4.69, 9.17) is 0 Å². The van der Waals surface area contributed by atoms with Crippen LogP contribution >= 0.6 is 0 Å². The number of alkyl halides is 3. The predicted molar refractivity (Wildman–Crippen MR) is 80.0 cm³/mol. The highest BCUT2D eigenvalue weighted by molar-refractivity contribution is 5.74. The van der Waals surface area contributed by atoms with E-state index in [-0.39, 0.29) is 5.92 Å². The molecule has 2 rings (SSSR count). The largest absolute Gasteiger partial charge is 0.416 e. The van der Waals surface area contributed by atoms with Gasteiger partial charge in [-0.25, -0.2) is 0 Å². The van der Waals surface area contributed by atoms with Gasteiger partial charge in [-0.05, 0) is 36.8 Å². The number of aldehydes is 1. The summed E-state index contributed by atoms with van der Waals surface area (Å²) in [5.74, 6) is -0.00527. The van der Waals surface area contributed by atoms with Crippen LogP contribution in [0, 0.1) is 5.92 Å². The summed E-state index contributed by atoms with van der Waals surface area (Å²) in [7, 11) is 0. The van der Waals surface area contributed by atoms with Gasteiger partial charge in [0.25, 0.3) is 0 Å². The van der Waals surface area contributed by atoms with Gasteiger partial charge < -0.3 is 5.32 Å². The van der Waals surface area contributed by atoms with Crippen molar-refractivity contribution < 1.29 is 18.0 Å². The lowest BCUT2D eigenvalue weighted by Gasteiger charge is -2.15. The minimum atomic E-state index is -4.26. The van der Waals surface area contributed by atoms with Crippen LogP contribution in [-0.2, 0) is 4.79 Å². The molecule has 0 aromatic rings. The average Bonchev–Trinajstić information content (AvgIpc) is 2.51. The molecule has 118 valence electrons. The van der Waals surface area contributed by atoms with Crippen molar-refractivity contribution in [2.45, 2.75) is 25.4 Å². The molecule has 0 bridgehead atoms. The molecule has 22 heavy (non-hydrogen) atoms. The molecule has 1 N–H and O–H groups in total. The lowest BCUT2D eigenvalue weighted by atomic mass is 9.96. The monoisotopic (exact) mass is 309 g/mol. The number of rotatable bonds is 5. The van der Waals surface area contributed by atoms with Crippen LogP contribution in [0.2, 0.25) is 0 Å². The van der Waals surface area contributed by atoms with Crippen LogP contribution in [0.15, 0.2) is 59.4 Å². The van der Waals surface area contributed by atoms with Crippen LogP contribution in [0.1, 0.15) is 19.3 Å². The van der Waals surface area contributed by atoms with Gasteiger partial charge in [-0.1, -0.05) is 36.5 Å². The van der Waals surface area contributed by atoms with Crippen molar-refractivity contribution in [1.82, 2.24) is 5.32 Å². The Morgan fingerprint density at radius 1 is 1.32 bits per heavy atom. The molecule has 2 nitrogen and oxygen atoms in total. The van der Waals surface area contributed by atoms with Gasteiger partial charge in [-0.15, -0.1) is 0 Å². The van der Waals surface area contributed by atoms with Crippen molar-refractivity contribution in [1.29, 1.82) is 0 Å². The SMILES string of the molecule is O=CC1=CC(NC/C=C/C2C=CC(C(F)(F)F)=CC2)=CCC1. The van der Waals surface area contributed by atoms with E-state index in [1.807, 2.05) is 24.3 Å². The Bertz CT molecular complexity index is 565. The molecule has 0 aromatic heterocycles. The van der Waals surface area contributed by atoms with Gasteiger partial charge in [-0.3, -0.25) is 4.79 Å². The number of hydrogen-bond donors (Lipinski definition) is 1. The number of nitrogens with one attached hydrogen (secondary N) is 1. The molecule has 1 unspecified atom stereocenters. The summed E-state index contributed by atoms with van der Waals surface area (Å²) < 4.78 is 37.4. The average molecular weight is 309 g/mol. The van der Waals surface area contributed by atoms with Crippen LogP contribution in [0.5, 0.6) is 0 Å². The highest BCUT2D eigenvalue weighted by Crippen LogP contribution is 2.31. The first-order valence-electron chi connectivity index (χ1n) is 7.21. The smallest absolute Gasteiger partial charge is 0.382 e. The Labute approximate surface area is 127 Å². The molecule has 1 atom stereocenters. The van der Waals surface area contributed by atoms with Crippen molar-refractivity contribution in [2.24, 2.45) is 5.92 Å². The van der Waals surface area contributed by atoms with E-state index in [9.17, 15) is 18.0 Å². The zero-order valence-electron chi connectivity index (χ0n) is 12.1. The minimum absolute atomic E-state index is 0.00527. The van der Waals surface area contributed by atoms with Crippen molar-refractivity contribution in [3.63, 3.8) is 0 Å². The molecular weight excluding hydrogens is 291 g/mol. The highest BCUT2D eigenvalue weighted by atomic mass is 19.4. The fraction of sp³-hybridized carbons (Fsp3) is 0.353. The van der Waals surface area contributed by atoms with E-state index >= 15 is 0 Å². The predicted octanol–water partition coefficient (Wildman–Crippen LogP) is 4.00. The summed E-state index contributed by atoms with van der Waals surface area (Å²) in [6, 6.07) is 0. The third-order valence-electron chi connectivity index (χ3n) is 3.56. The molecule has 0 amide bonds. The van der Waals surface area contributed by atoms with Crippen molar-refractivity contribution in [2.75, 3.05) is 6.54 Å². The molecule has 5 heteroatoms. The second kappa shape index (κ2) is 7.29. The zero-order valence-corrected chi connectivity index (χ0v) is 12.1. The molecule has 0 aromatic carbocycles. The van der Waals surface area contributed by atoms with Gasteiger partial charge in [0.2, 0.25) is 0 Å². The lowest BCUT2D eigenvalue weighted by molar-refractivity contribution is -0.105. The van der Waals surface area contributed by atoms with E-state index in [1.54, 1.807) is 6.08 Å². The summed E-state index contributed by atoms with van der Waals surface area (Å²) in [5.41, 5.74) is 1.11. The first kappa shape index (κ1) is 16.3. The summed E-state index contributed by atoms with van der Waals surface area (Å²) in [6.07, 6.45) is 10.1. The number of carbonyl (C=O) groups is 1. The van der Waals surface area contributed by atoms with Crippen molar-refractivity contribution >= 4 is 6.29 Å². The van der Waals surface area contributed by atoms with Crippen LogP contribution < -0.4 is 5.32 Å². The van der Waals surface area contributed by atoms with Crippen LogP contribution in [0.4, 0.5) is 13.2 Å². The summed E-state index contributed by atoms with van der Waals surface area (Å²) >= 11 is 0. The van der Waals surface area contributed by atoms with E-state index in [2.05, 4.69) is 5.32 Å². The van der Waals surface area contributed by atoms with Gasteiger partial charge in [0.15, 0.2) is 0 Å². The number of hydrogen-bond acceptors (Lipinski definition) is 2. The molecule has 0 saturated carbocycles. The molecule has 0 fully saturated rings. The molecule has 2 aliphatic rings. The van der Waals surface area contributed by atoms with E-state index in [1.165, 1.54) is 6.08 Å². The molecule has 0 radical (unpaired) electrons. The number of halogens is 3. The Kier molecular flexibility index (Phi) is 5.41. The summed E-state index contributed by atoms with van der Waals surface area (Å²) in [4.78, 5) is 10.7. The van der Waals surface area contributed by atoms with Gasteiger partial charge >= 0.3 is 6.18 Å². The third kappa shape index (κ3) is 4.76.